The summed E-state index contributed by atoms with van der Waals surface area (Å²) in [5, 5.41) is 3.14. The number of ketones is 1. The van der Waals surface area contributed by atoms with E-state index in [0.29, 0.717) is 5.75 Å². The van der Waals surface area contributed by atoms with Crippen LogP contribution >= 0.6 is 23.1 Å². The molecular weight excluding hydrogens is 386 g/mol. The first-order valence-electron chi connectivity index (χ1n) is 9.61. The van der Waals surface area contributed by atoms with Crippen molar-refractivity contribution in [3.05, 3.63) is 52.3 Å². The van der Waals surface area contributed by atoms with Gasteiger partial charge in [0.1, 0.15) is 15.7 Å². The number of aromatic nitrogens is 3. The van der Waals surface area contributed by atoms with Gasteiger partial charge in [-0.2, -0.15) is 0 Å². The van der Waals surface area contributed by atoms with E-state index in [9.17, 15) is 4.79 Å². The van der Waals surface area contributed by atoms with Crippen LogP contribution in [0.1, 0.15) is 40.0 Å². The van der Waals surface area contributed by atoms with Crippen LogP contribution in [0.4, 0.5) is 0 Å². The smallest absolute Gasteiger partial charge is 0.175 e. The highest BCUT2D eigenvalue weighted by molar-refractivity contribution is 8.00. The summed E-state index contributed by atoms with van der Waals surface area (Å²) in [4.78, 5) is 28.0. The highest BCUT2D eigenvalue weighted by Gasteiger charge is 2.24. The third-order valence-corrected chi connectivity index (χ3v) is 7.59. The number of fused-ring (bicyclic) bond motifs is 4. The first-order chi connectivity index (χ1) is 13.6. The quantitative estimate of drug-likeness (QED) is 0.272. The number of rotatable bonds is 4. The Labute approximate surface area is 171 Å². The lowest BCUT2D eigenvalue weighted by Crippen LogP contribution is -2.09. The van der Waals surface area contributed by atoms with Gasteiger partial charge in [-0.1, -0.05) is 36.9 Å². The van der Waals surface area contributed by atoms with Crippen LogP contribution in [0, 0.1) is 12.8 Å². The second-order valence-electron chi connectivity index (χ2n) is 7.57. The van der Waals surface area contributed by atoms with Crippen LogP contribution in [0.5, 0.6) is 0 Å². The minimum absolute atomic E-state index is 0.129. The van der Waals surface area contributed by atoms with Crippen molar-refractivity contribution in [1.82, 2.24) is 15.0 Å². The molecule has 0 radical (unpaired) electrons. The maximum absolute atomic E-state index is 12.9. The van der Waals surface area contributed by atoms with Crippen molar-refractivity contribution in [2.75, 3.05) is 5.75 Å². The number of carbonyl (C=O) groups is 1. The molecule has 0 fully saturated rings. The average molecular weight is 408 g/mol. The second-order valence-corrected chi connectivity index (χ2v) is 9.62. The Kier molecular flexibility index (Phi) is 4.48. The summed E-state index contributed by atoms with van der Waals surface area (Å²) >= 11 is 3.36. The zero-order valence-electron chi connectivity index (χ0n) is 15.9. The van der Waals surface area contributed by atoms with Gasteiger partial charge in [0, 0.05) is 32.9 Å². The highest BCUT2D eigenvalue weighted by Crippen LogP contribution is 2.41. The Balaban J connectivity index is 1.47. The molecule has 3 aromatic heterocycles. The third kappa shape index (κ3) is 3.05. The molecule has 5 rings (SSSR count). The van der Waals surface area contributed by atoms with Crippen molar-refractivity contribution in [3.8, 4) is 0 Å². The Morgan fingerprint density at radius 2 is 2.18 bits per heavy atom. The zero-order valence-corrected chi connectivity index (χ0v) is 17.5. The van der Waals surface area contributed by atoms with E-state index in [2.05, 4.69) is 16.9 Å². The van der Waals surface area contributed by atoms with Gasteiger partial charge in [0.05, 0.1) is 5.75 Å². The Morgan fingerprint density at radius 3 is 3.07 bits per heavy atom. The lowest BCUT2D eigenvalue weighted by molar-refractivity contribution is 0.102. The lowest BCUT2D eigenvalue weighted by atomic mass is 9.89. The van der Waals surface area contributed by atoms with Crippen LogP contribution in [-0.4, -0.2) is 26.5 Å². The predicted octanol–water partition coefficient (Wildman–Crippen LogP) is 5.58. The van der Waals surface area contributed by atoms with E-state index in [0.717, 1.165) is 50.9 Å². The fourth-order valence-electron chi connectivity index (χ4n) is 4.03. The number of thiophene rings is 1. The van der Waals surface area contributed by atoms with E-state index in [-0.39, 0.29) is 5.78 Å². The second kappa shape index (κ2) is 7.01. The summed E-state index contributed by atoms with van der Waals surface area (Å²) in [6, 6.07) is 7.93. The van der Waals surface area contributed by atoms with Gasteiger partial charge in [-0.3, -0.25) is 4.79 Å². The first-order valence-corrected chi connectivity index (χ1v) is 11.4. The molecule has 4 aromatic rings. The summed E-state index contributed by atoms with van der Waals surface area (Å²) in [6.45, 7) is 4.26. The molecule has 1 atom stereocenters. The molecule has 0 saturated heterocycles. The molecule has 0 bridgehead atoms. The Morgan fingerprint density at radius 1 is 1.32 bits per heavy atom. The fourth-order valence-corrected chi connectivity index (χ4v) is 6.51. The summed E-state index contributed by atoms with van der Waals surface area (Å²) in [5.74, 6) is 2.02. The molecule has 0 amide bonds. The van der Waals surface area contributed by atoms with Gasteiger partial charge in [-0.25, -0.2) is 9.97 Å². The third-order valence-electron chi connectivity index (χ3n) is 5.46. The van der Waals surface area contributed by atoms with E-state index in [1.807, 2.05) is 48.7 Å². The minimum atomic E-state index is 0.129. The maximum atomic E-state index is 12.9. The molecule has 0 aliphatic heterocycles. The van der Waals surface area contributed by atoms with Crippen molar-refractivity contribution in [2.24, 2.45) is 5.92 Å². The fraction of sp³-hybridized carbons (Fsp3) is 0.318. The van der Waals surface area contributed by atoms with Crippen molar-refractivity contribution in [3.63, 3.8) is 0 Å². The van der Waals surface area contributed by atoms with Gasteiger partial charge < -0.3 is 4.98 Å². The van der Waals surface area contributed by atoms with Gasteiger partial charge in [-0.15, -0.1) is 11.3 Å². The van der Waals surface area contributed by atoms with Gasteiger partial charge in [0.15, 0.2) is 5.78 Å². The van der Waals surface area contributed by atoms with Crippen molar-refractivity contribution in [2.45, 2.75) is 38.1 Å². The standard InChI is InChI=1S/C22H21N3OS2/c1-12-7-8-15-19(9-12)28-22-20(15)21(24-13(2)25-22)27-11-18(26)16-10-23-17-6-4-3-5-14(16)17/h3-6,10,12,23H,7-9,11H2,1-2H3. The van der Waals surface area contributed by atoms with Gasteiger partial charge >= 0.3 is 0 Å². The molecule has 1 aliphatic rings. The van der Waals surface area contributed by atoms with Crippen LogP contribution in [0.3, 0.4) is 0 Å². The monoisotopic (exact) mass is 407 g/mol. The van der Waals surface area contributed by atoms with Crippen LogP contribution in [-0.2, 0) is 12.8 Å². The number of nitrogens with zero attached hydrogens (tertiary/aromatic N) is 2. The van der Waals surface area contributed by atoms with E-state index in [1.54, 1.807) is 11.8 Å². The molecule has 1 aliphatic carbocycles. The minimum Gasteiger partial charge on any atom is -0.360 e. The molecule has 142 valence electrons. The number of para-hydroxylation sites is 1. The largest absolute Gasteiger partial charge is 0.360 e. The van der Waals surface area contributed by atoms with E-state index in [4.69, 9.17) is 4.98 Å². The van der Waals surface area contributed by atoms with E-state index < -0.39 is 0 Å². The molecule has 3 heterocycles. The number of nitrogens with one attached hydrogen (secondary N) is 1. The normalized spacial score (nSPS) is 16.6. The van der Waals surface area contributed by atoms with E-state index in [1.165, 1.54) is 22.2 Å². The number of aryl methyl sites for hydroxylation is 2. The number of hydrogen-bond acceptors (Lipinski definition) is 5. The van der Waals surface area contributed by atoms with Crippen LogP contribution in [0.15, 0.2) is 35.5 Å². The van der Waals surface area contributed by atoms with Gasteiger partial charge in [0.25, 0.3) is 0 Å². The van der Waals surface area contributed by atoms with Crippen molar-refractivity contribution < 1.29 is 4.79 Å². The average Bonchev–Trinajstić information content (AvgIpc) is 3.26. The highest BCUT2D eigenvalue weighted by atomic mass is 32.2. The Bertz CT molecular complexity index is 1210. The van der Waals surface area contributed by atoms with E-state index >= 15 is 0 Å². The number of aromatic amines is 1. The maximum Gasteiger partial charge on any atom is 0.175 e. The zero-order chi connectivity index (χ0) is 19.3. The molecular formula is C22H21N3OS2. The number of H-pyrrole nitrogens is 1. The molecule has 1 aromatic carbocycles. The Hall–Kier alpha value is -2.18. The number of hydrogen-bond donors (Lipinski definition) is 1. The molecule has 0 saturated carbocycles. The van der Waals surface area contributed by atoms with Crippen LogP contribution in [0.25, 0.3) is 21.1 Å². The summed E-state index contributed by atoms with van der Waals surface area (Å²) in [7, 11) is 0. The summed E-state index contributed by atoms with van der Waals surface area (Å²) in [5.41, 5.74) is 3.17. The topological polar surface area (TPSA) is 58.6 Å². The van der Waals surface area contributed by atoms with Gasteiger partial charge in [0.2, 0.25) is 0 Å². The first kappa shape index (κ1) is 17.9. The number of benzene rings is 1. The summed E-state index contributed by atoms with van der Waals surface area (Å²) < 4.78 is 0. The molecule has 6 heteroatoms. The number of thioether (sulfide) groups is 1. The molecule has 4 nitrogen and oxygen atoms in total. The molecule has 0 spiro atoms. The number of carbonyl (C=O) groups excluding carboxylic acids is 1. The summed E-state index contributed by atoms with van der Waals surface area (Å²) in [6.07, 6.45) is 5.26. The molecule has 1 unspecified atom stereocenters. The van der Waals surface area contributed by atoms with Crippen LogP contribution < -0.4 is 0 Å². The van der Waals surface area contributed by atoms with Crippen molar-refractivity contribution >= 4 is 50.0 Å². The van der Waals surface area contributed by atoms with Crippen LogP contribution in [0.2, 0.25) is 0 Å². The SMILES string of the molecule is Cc1nc(SCC(=O)c2c[nH]c3ccccc23)c2c3c(sc2n1)CC(C)CC3. The van der Waals surface area contributed by atoms with Gasteiger partial charge in [-0.05, 0) is 43.7 Å². The molecule has 28 heavy (non-hydrogen) atoms. The predicted molar refractivity (Wildman–Crippen MR) is 117 cm³/mol. The lowest BCUT2D eigenvalue weighted by Gasteiger charge is -2.18. The number of Topliss-reactive ketones (excluding diaryl/α,β-unsaturated/α-hetero) is 1. The van der Waals surface area contributed by atoms with Crippen molar-refractivity contribution in [1.29, 1.82) is 0 Å². The molecule has 1 N–H and O–H groups in total.